The minimum absolute atomic E-state index is 0.0998. The molecule has 0 heterocycles. The molecule has 0 radical (unpaired) electrons. The Kier molecular flexibility index (Phi) is 7.11. The molecule has 0 fully saturated rings. The smallest absolute Gasteiger partial charge is 0.159 e. The molecule has 0 bridgehead atoms. The zero-order valence-electron chi connectivity index (χ0n) is 17.1. The van der Waals surface area contributed by atoms with Crippen LogP contribution in [0.3, 0.4) is 0 Å². The van der Waals surface area contributed by atoms with Crippen molar-refractivity contribution in [1.29, 1.82) is 0 Å². The van der Waals surface area contributed by atoms with Crippen LogP contribution in [0.4, 0.5) is 0 Å². The van der Waals surface area contributed by atoms with E-state index in [2.05, 4.69) is 62.3 Å². The Labute approximate surface area is 145 Å². The zero-order chi connectivity index (χ0) is 17.9. The second-order valence-corrected chi connectivity index (χ2v) is 9.07. The van der Waals surface area contributed by atoms with Gasteiger partial charge in [-0.15, -0.1) is 0 Å². The van der Waals surface area contributed by atoms with Gasteiger partial charge in [-0.3, -0.25) is 4.79 Å². The van der Waals surface area contributed by atoms with Gasteiger partial charge in [-0.2, -0.15) is 0 Å². The molecule has 1 rings (SSSR count). The highest BCUT2D eigenvalue weighted by Crippen LogP contribution is 2.55. The van der Waals surface area contributed by atoms with Crippen molar-refractivity contribution in [1.82, 2.24) is 0 Å². The van der Waals surface area contributed by atoms with E-state index in [1.807, 2.05) is 0 Å². The molecule has 0 aliphatic heterocycles. The highest BCUT2D eigenvalue weighted by molar-refractivity contribution is 6.00. The van der Waals surface area contributed by atoms with E-state index in [0.29, 0.717) is 29.5 Å². The van der Waals surface area contributed by atoms with Crippen molar-refractivity contribution < 1.29 is 4.79 Å². The average molecular weight is 321 g/mol. The van der Waals surface area contributed by atoms with Crippen LogP contribution in [0.2, 0.25) is 0 Å². The number of rotatable bonds is 8. The molecule has 0 spiro atoms. The molecule has 23 heavy (non-hydrogen) atoms. The molecule has 0 aromatic rings. The van der Waals surface area contributed by atoms with E-state index in [1.54, 1.807) is 5.57 Å². The SMILES string of the molecule is CCC1(C(C)C)CC(=O)C(C(C)C)=C1C(CCC(C)C)C(C)C. The molecule has 1 nitrogen and oxygen atoms in total. The minimum atomic E-state index is 0.0998. The monoisotopic (exact) mass is 320 g/mol. The first-order valence-corrected chi connectivity index (χ1v) is 9.86. The van der Waals surface area contributed by atoms with Gasteiger partial charge in [-0.1, -0.05) is 74.3 Å². The Morgan fingerprint density at radius 1 is 0.957 bits per heavy atom. The van der Waals surface area contributed by atoms with E-state index in [-0.39, 0.29) is 5.41 Å². The highest BCUT2D eigenvalue weighted by atomic mass is 16.1. The molecule has 2 unspecified atom stereocenters. The summed E-state index contributed by atoms with van der Waals surface area (Å²) in [6, 6.07) is 0. The summed E-state index contributed by atoms with van der Waals surface area (Å²) in [5.41, 5.74) is 2.83. The molecule has 0 saturated heterocycles. The maximum Gasteiger partial charge on any atom is 0.159 e. The van der Waals surface area contributed by atoms with Gasteiger partial charge in [0.05, 0.1) is 0 Å². The highest BCUT2D eigenvalue weighted by Gasteiger charge is 2.49. The third-order valence-electron chi connectivity index (χ3n) is 6.15. The lowest BCUT2D eigenvalue weighted by Crippen LogP contribution is -2.32. The molecule has 0 aromatic carbocycles. The summed E-state index contributed by atoms with van der Waals surface area (Å²) < 4.78 is 0. The molecule has 0 aromatic heterocycles. The van der Waals surface area contributed by atoms with Crippen LogP contribution in [0.1, 0.15) is 88.0 Å². The van der Waals surface area contributed by atoms with E-state index in [1.165, 1.54) is 18.4 Å². The van der Waals surface area contributed by atoms with Crippen LogP contribution < -0.4 is 0 Å². The fraction of sp³-hybridized carbons (Fsp3) is 0.864. The van der Waals surface area contributed by atoms with Crippen molar-refractivity contribution in [2.24, 2.45) is 35.0 Å². The number of Topliss-reactive ketones (excluding diaryl/α,β-unsaturated/α-hetero) is 1. The number of allylic oxidation sites excluding steroid dienone is 2. The minimum Gasteiger partial charge on any atom is -0.295 e. The molecular formula is C22H40O. The van der Waals surface area contributed by atoms with E-state index in [4.69, 9.17) is 0 Å². The van der Waals surface area contributed by atoms with Crippen molar-refractivity contribution in [2.45, 2.75) is 88.0 Å². The van der Waals surface area contributed by atoms with Crippen molar-refractivity contribution in [2.75, 3.05) is 0 Å². The van der Waals surface area contributed by atoms with E-state index >= 15 is 0 Å². The standard InChI is InChI=1S/C22H40O/c1-10-22(17(8)9)13-19(23)20(16(6)7)21(22)18(15(4)5)12-11-14(2)3/h14-18H,10-13H2,1-9H3. The largest absolute Gasteiger partial charge is 0.295 e. The van der Waals surface area contributed by atoms with Crippen LogP contribution in [0.5, 0.6) is 0 Å². The molecule has 1 aliphatic carbocycles. The zero-order valence-corrected chi connectivity index (χ0v) is 17.1. The Morgan fingerprint density at radius 2 is 1.52 bits per heavy atom. The van der Waals surface area contributed by atoms with Crippen LogP contribution in [0.25, 0.3) is 0 Å². The molecule has 1 heteroatoms. The summed E-state index contributed by atoms with van der Waals surface area (Å²) in [5, 5.41) is 0. The lowest BCUT2D eigenvalue weighted by Gasteiger charge is -2.41. The predicted octanol–water partition coefficient (Wildman–Crippen LogP) is 6.67. The first-order valence-electron chi connectivity index (χ1n) is 9.86. The summed E-state index contributed by atoms with van der Waals surface area (Å²) in [6.45, 7) is 20.7. The Hall–Kier alpha value is -0.590. The summed E-state index contributed by atoms with van der Waals surface area (Å²) in [7, 11) is 0. The van der Waals surface area contributed by atoms with Crippen LogP contribution >= 0.6 is 0 Å². The van der Waals surface area contributed by atoms with E-state index in [0.717, 1.165) is 18.8 Å². The summed E-state index contributed by atoms with van der Waals surface area (Å²) >= 11 is 0. The topological polar surface area (TPSA) is 17.1 Å². The maximum absolute atomic E-state index is 12.9. The van der Waals surface area contributed by atoms with Crippen molar-refractivity contribution >= 4 is 5.78 Å². The third kappa shape index (κ3) is 4.09. The van der Waals surface area contributed by atoms with Crippen molar-refractivity contribution in [3.05, 3.63) is 11.1 Å². The molecule has 134 valence electrons. The number of ketones is 1. The molecule has 0 amide bonds. The van der Waals surface area contributed by atoms with Crippen molar-refractivity contribution in [3.8, 4) is 0 Å². The van der Waals surface area contributed by atoms with Crippen LogP contribution in [0, 0.1) is 35.0 Å². The lowest BCUT2D eigenvalue weighted by atomic mass is 9.63. The predicted molar refractivity (Wildman–Crippen MR) is 101 cm³/mol. The van der Waals surface area contributed by atoms with Crippen molar-refractivity contribution in [3.63, 3.8) is 0 Å². The van der Waals surface area contributed by atoms with Crippen LogP contribution in [-0.2, 0) is 4.79 Å². The molecular weight excluding hydrogens is 280 g/mol. The summed E-state index contributed by atoms with van der Waals surface area (Å²) in [5.74, 6) is 3.21. The Morgan fingerprint density at radius 3 is 1.87 bits per heavy atom. The quantitative estimate of drug-likeness (QED) is 0.488. The second-order valence-electron chi connectivity index (χ2n) is 9.07. The van der Waals surface area contributed by atoms with Crippen LogP contribution in [-0.4, -0.2) is 5.78 Å². The number of hydrogen-bond donors (Lipinski definition) is 0. The van der Waals surface area contributed by atoms with Gasteiger partial charge in [-0.05, 0) is 48.0 Å². The third-order valence-corrected chi connectivity index (χ3v) is 6.15. The molecule has 2 atom stereocenters. The van der Waals surface area contributed by atoms with E-state index < -0.39 is 0 Å². The summed E-state index contributed by atoms with van der Waals surface area (Å²) in [6.07, 6.45) is 4.31. The summed E-state index contributed by atoms with van der Waals surface area (Å²) in [4.78, 5) is 12.9. The number of hydrogen-bond acceptors (Lipinski definition) is 1. The average Bonchev–Trinajstić information content (AvgIpc) is 2.72. The lowest BCUT2D eigenvalue weighted by molar-refractivity contribution is -0.116. The van der Waals surface area contributed by atoms with Gasteiger partial charge >= 0.3 is 0 Å². The Bertz CT molecular complexity index is 439. The normalized spacial score (nSPS) is 24.0. The van der Waals surface area contributed by atoms with Gasteiger partial charge < -0.3 is 0 Å². The maximum atomic E-state index is 12.9. The Balaban J connectivity index is 3.46. The first kappa shape index (κ1) is 20.5. The fourth-order valence-electron chi connectivity index (χ4n) is 4.66. The fourth-order valence-corrected chi connectivity index (χ4v) is 4.66. The molecule has 1 aliphatic rings. The first-order chi connectivity index (χ1) is 10.6. The molecule has 0 saturated carbocycles. The van der Waals surface area contributed by atoms with Gasteiger partial charge in [0.1, 0.15) is 0 Å². The van der Waals surface area contributed by atoms with Gasteiger partial charge in [0.2, 0.25) is 0 Å². The van der Waals surface area contributed by atoms with Gasteiger partial charge in [-0.25, -0.2) is 0 Å². The number of carbonyl (C=O) groups excluding carboxylic acids is 1. The van der Waals surface area contributed by atoms with Crippen LogP contribution in [0.15, 0.2) is 11.1 Å². The second kappa shape index (κ2) is 7.99. The van der Waals surface area contributed by atoms with Gasteiger partial charge in [0, 0.05) is 11.8 Å². The van der Waals surface area contributed by atoms with Gasteiger partial charge in [0.25, 0.3) is 0 Å². The van der Waals surface area contributed by atoms with E-state index in [9.17, 15) is 4.79 Å². The molecule has 0 N–H and O–H groups in total. The van der Waals surface area contributed by atoms with Gasteiger partial charge in [0.15, 0.2) is 5.78 Å². The number of carbonyl (C=O) groups is 1.